The second-order valence-corrected chi connectivity index (χ2v) is 5.33. The molecule has 1 atom stereocenters. The van der Waals surface area contributed by atoms with Gasteiger partial charge in [0.1, 0.15) is 0 Å². The van der Waals surface area contributed by atoms with Crippen LogP contribution >= 0.6 is 0 Å². The molecule has 3 nitrogen and oxygen atoms in total. The van der Waals surface area contributed by atoms with Crippen molar-refractivity contribution in [2.45, 2.75) is 57.2 Å². The Morgan fingerprint density at radius 2 is 2.12 bits per heavy atom. The number of piperidine rings is 1. The minimum Gasteiger partial charge on any atom is -0.325 e. The minimum atomic E-state index is -0.457. The largest absolute Gasteiger partial charge is 0.325 e. The summed E-state index contributed by atoms with van der Waals surface area (Å²) in [6.45, 7) is 4.66. The van der Waals surface area contributed by atoms with Crippen molar-refractivity contribution in [3.63, 3.8) is 0 Å². The van der Waals surface area contributed by atoms with Gasteiger partial charge in [0.15, 0.2) is 0 Å². The van der Waals surface area contributed by atoms with Crippen LogP contribution in [0.1, 0.15) is 39.5 Å². The van der Waals surface area contributed by atoms with Crippen LogP contribution in [-0.2, 0) is 4.79 Å². The molecule has 2 aliphatic rings. The van der Waals surface area contributed by atoms with Gasteiger partial charge in [-0.1, -0.05) is 5.92 Å². The molecular weight excluding hydrogens is 200 g/mol. The standard InChI is InChI=1S/C13H20N2O/c1-4-13(2,3)15-9-5-6-11(12(15)16)14-10-7-8-10/h1,10-11,14H,5-9H2,2-3H3. The van der Waals surface area contributed by atoms with E-state index in [1.165, 1.54) is 12.8 Å². The van der Waals surface area contributed by atoms with Crippen molar-refractivity contribution in [1.82, 2.24) is 10.2 Å². The number of likely N-dealkylation sites (tertiary alicyclic amines) is 1. The Hall–Kier alpha value is -1.01. The molecule has 0 radical (unpaired) electrons. The lowest BCUT2D eigenvalue weighted by Gasteiger charge is -2.40. The number of carbonyl (C=O) groups is 1. The van der Waals surface area contributed by atoms with Crippen LogP contribution in [-0.4, -0.2) is 35.0 Å². The highest BCUT2D eigenvalue weighted by atomic mass is 16.2. The van der Waals surface area contributed by atoms with E-state index in [9.17, 15) is 4.79 Å². The van der Waals surface area contributed by atoms with E-state index in [0.29, 0.717) is 6.04 Å². The highest BCUT2D eigenvalue weighted by Gasteiger charge is 2.38. The minimum absolute atomic E-state index is 0.00567. The van der Waals surface area contributed by atoms with Gasteiger partial charge >= 0.3 is 0 Å². The molecule has 2 fully saturated rings. The zero-order chi connectivity index (χ0) is 11.8. The van der Waals surface area contributed by atoms with Gasteiger partial charge in [0.25, 0.3) is 0 Å². The molecule has 16 heavy (non-hydrogen) atoms. The third kappa shape index (κ3) is 2.22. The number of terminal acetylenes is 1. The lowest BCUT2D eigenvalue weighted by Crippen LogP contribution is -2.57. The van der Waals surface area contributed by atoms with E-state index in [4.69, 9.17) is 6.42 Å². The van der Waals surface area contributed by atoms with Gasteiger partial charge in [0.05, 0.1) is 11.6 Å². The van der Waals surface area contributed by atoms with Crippen LogP contribution in [0.4, 0.5) is 0 Å². The first kappa shape index (κ1) is 11.5. The lowest BCUT2D eigenvalue weighted by molar-refractivity contribution is -0.139. The Kier molecular flexibility index (Phi) is 2.94. The van der Waals surface area contributed by atoms with Crippen molar-refractivity contribution in [1.29, 1.82) is 0 Å². The summed E-state index contributed by atoms with van der Waals surface area (Å²) >= 11 is 0. The molecular formula is C13H20N2O. The fourth-order valence-corrected chi connectivity index (χ4v) is 2.20. The molecule has 0 aromatic heterocycles. The molecule has 1 saturated carbocycles. The molecule has 1 N–H and O–H groups in total. The van der Waals surface area contributed by atoms with Crippen molar-refractivity contribution in [2.75, 3.05) is 6.54 Å². The molecule has 1 unspecified atom stereocenters. The summed E-state index contributed by atoms with van der Waals surface area (Å²) in [5, 5.41) is 3.41. The number of hydrogen-bond donors (Lipinski definition) is 1. The van der Waals surface area contributed by atoms with E-state index in [0.717, 1.165) is 19.4 Å². The molecule has 0 aromatic rings. The summed E-state index contributed by atoms with van der Waals surface area (Å²) in [6.07, 6.45) is 9.91. The van der Waals surface area contributed by atoms with Gasteiger partial charge in [-0.05, 0) is 39.5 Å². The van der Waals surface area contributed by atoms with Gasteiger partial charge in [-0.15, -0.1) is 6.42 Å². The molecule has 0 spiro atoms. The Morgan fingerprint density at radius 3 is 2.69 bits per heavy atom. The van der Waals surface area contributed by atoms with Gasteiger partial charge in [-0.2, -0.15) is 0 Å². The molecule has 1 aliphatic carbocycles. The summed E-state index contributed by atoms with van der Waals surface area (Å²) in [5.41, 5.74) is -0.457. The quantitative estimate of drug-likeness (QED) is 0.723. The summed E-state index contributed by atoms with van der Waals surface area (Å²) < 4.78 is 0. The average molecular weight is 220 g/mol. The number of amides is 1. The van der Waals surface area contributed by atoms with E-state index in [1.807, 2.05) is 18.7 Å². The van der Waals surface area contributed by atoms with E-state index < -0.39 is 5.54 Å². The number of hydrogen-bond acceptors (Lipinski definition) is 2. The molecule has 0 aromatic carbocycles. The highest BCUT2D eigenvalue weighted by Crippen LogP contribution is 2.25. The summed E-state index contributed by atoms with van der Waals surface area (Å²) in [6, 6.07) is 0.566. The smallest absolute Gasteiger partial charge is 0.240 e. The SMILES string of the molecule is C#CC(C)(C)N1CCCC(NC2CC2)C1=O. The third-order valence-corrected chi connectivity index (χ3v) is 3.48. The molecule has 0 bridgehead atoms. The van der Waals surface area contributed by atoms with Crippen LogP contribution in [0.25, 0.3) is 0 Å². The maximum Gasteiger partial charge on any atom is 0.240 e. The maximum atomic E-state index is 12.3. The Labute approximate surface area is 97.6 Å². The van der Waals surface area contributed by atoms with Crippen LogP contribution in [0.5, 0.6) is 0 Å². The maximum absolute atomic E-state index is 12.3. The zero-order valence-electron chi connectivity index (χ0n) is 10.1. The van der Waals surface area contributed by atoms with E-state index in [-0.39, 0.29) is 11.9 Å². The van der Waals surface area contributed by atoms with Crippen LogP contribution in [0, 0.1) is 12.3 Å². The Bertz CT molecular complexity index is 325. The van der Waals surface area contributed by atoms with Crippen LogP contribution < -0.4 is 5.32 Å². The van der Waals surface area contributed by atoms with Crippen LogP contribution in [0.3, 0.4) is 0 Å². The Balaban J connectivity index is 2.04. The monoisotopic (exact) mass is 220 g/mol. The summed E-state index contributed by atoms with van der Waals surface area (Å²) in [5.74, 6) is 2.89. The summed E-state index contributed by atoms with van der Waals surface area (Å²) in [7, 11) is 0. The molecule has 3 heteroatoms. The number of nitrogens with one attached hydrogen (secondary N) is 1. The topological polar surface area (TPSA) is 32.3 Å². The van der Waals surface area contributed by atoms with Gasteiger partial charge < -0.3 is 10.2 Å². The molecule has 2 rings (SSSR count). The summed E-state index contributed by atoms with van der Waals surface area (Å²) in [4.78, 5) is 14.1. The number of carbonyl (C=O) groups excluding carboxylic acids is 1. The van der Waals surface area contributed by atoms with E-state index in [1.54, 1.807) is 0 Å². The molecule has 1 aliphatic heterocycles. The first-order valence-electron chi connectivity index (χ1n) is 6.10. The van der Waals surface area contributed by atoms with E-state index in [2.05, 4.69) is 11.2 Å². The lowest BCUT2D eigenvalue weighted by atomic mass is 9.96. The molecule has 1 amide bonds. The second-order valence-electron chi connectivity index (χ2n) is 5.33. The highest BCUT2D eigenvalue weighted by molar-refractivity contribution is 5.83. The first-order chi connectivity index (χ1) is 7.54. The van der Waals surface area contributed by atoms with Gasteiger partial charge in [0.2, 0.25) is 5.91 Å². The molecule has 88 valence electrons. The third-order valence-electron chi connectivity index (χ3n) is 3.48. The van der Waals surface area contributed by atoms with Crippen molar-refractivity contribution in [2.24, 2.45) is 0 Å². The van der Waals surface area contributed by atoms with Crippen LogP contribution in [0.15, 0.2) is 0 Å². The Morgan fingerprint density at radius 1 is 1.44 bits per heavy atom. The zero-order valence-corrected chi connectivity index (χ0v) is 10.1. The fraction of sp³-hybridized carbons (Fsp3) is 0.769. The van der Waals surface area contributed by atoms with Crippen molar-refractivity contribution >= 4 is 5.91 Å². The predicted octanol–water partition coefficient (Wildman–Crippen LogP) is 1.14. The van der Waals surface area contributed by atoms with E-state index >= 15 is 0 Å². The average Bonchev–Trinajstić information content (AvgIpc) is 3.05. The number of rotatable bonds is 3. The fourth-order valence-electron chi connectivity index (χ4n) is 2.20. The van der Waals surface area contributed by atoms with Crippen molar-refractivity contribution in [3.05, 3.63) is 0 Å². The first-order valence-corrected chi connectivity index (χ1v) is 6.10. The second kappa shape index (κ2) is 4.10. The van der Waals surface area contributed by atoms with Crippen molar-refractivity contribution < 1.29 is 4.79 Å². The van der Waals surface area contributed by atoms with Gasteiger partial charge in [-0.3, -0.25) is 4.79 Å². The predicted molar refractivity (Wildman–Crippen MR) is 63.8 cm³/mol. The number of nitrogens with zero attached hydrogens (tertiary/aromatic N) is 1. The van der Waals surface area contributed by atoms with Crippen LogP contribution in [0.2, 0.25) is 0 Å². The van der Waals surface area contributed by atoms with Gasteiger partial charge in [-0.25, -0.2) is 0 Å². The normalized spacial score (nSPS) is 26.7. The van der Waals surface area contributed by atoms with Crippen molar-refractivity contribution in [3.8, 4) is 12.3 Å². The van der Waals surface area contributed by atoms with Gasteiger partial charge in [0, 0.05) is 12.6 Å². The molecule has 1 heterocycles. The molecule has 1 saturated heterocycles.